The zero-order chi connectivity index (χ0) is 14.3. The molecule has 0 unspecified atom stereocenters. The first kappa shape index (κ1) is 13.3. The van der Waals surface area contributed by atoms with E-state index in [1.165, 1.54) is 12.1 Å². The van der Waals surface area contributed by atoms with Crippen LogP contribution in [0.4, 0.5) is 4.39 Å². The molecule has 1 N–H and O–H groups in total. The largest absolute Gasteiger partial charge is 0.330 e. The van der Waals surface area contributed by atoms with Gasteiger partial charge in [0.05, 0.1) is 28.4 Å². The number of imidazole rings is 1. The Morgan fingerprint density at radius 3 is 2.75 bits per heavy atom. The molecule has 0 radical (unpaired) electrons. The maximum atomic E-state index is 13.2. The summed E-state index contributed by atoms with van der Waals surface area (Å²) in [4.78, 5) is 3.09. The third kappa shape index (κ3) is 2.13. The van der Waals surface area contributed by atoms with Crippen molar-refractivity contribution in [3.05, 3.63) is 56.1 Å². The molecule has 6 heteroatoms. The summed E-state index contributed by atoms with van der Waals surface area (Å²) >= 11 is 7.40. The molecule has 2 aromatic carbocycles. The lowest BCUT2D eigenvalue weighted by Crippen LogP contribution is -1.97. The minimum Gasteiger partial charge on any atom is -0.330 e. The van der Waals surface area contributed by atoms with Crippen molar-refractivity contribution in [2.45, 2.75) is 0 Å². The molecule has 3 nitrogen and oxygen atoms in total. The second-order valence-electron chi connectivity index (χ2n) is 4.21. The monoisotopic (exact) mass is 395 g/mol. The van der Waals surface area contributed by atoms with Crippen LogP contribution < -0.4 is 0 Å². The van der Waals surface area contributed by atoms with Crippen LogP contribution in [0.25, 0.3) is 16.7 Å². The third-order valence-corrected chi connectivity index (χ3v) is 4.11. The lowest BCUT2D eigenvalue weighted by atomic mass is 10.2. The fourth-order valence-electron chi connectivity index (χ4n) is 2.07. The summed E-state index contributed by atoms with van der Waals surface area (Å²) in [6.45, 7) is 0. The van der Waals surface area contributed by atoms with Gasteiger partial charge in [0.1, 0.15) is 5.82 Å². The standard InChI is InChI=1S/C14H7FIN3S/c15-9-2-4-12(10(16)6-9)19-13-5-8(7-17)1-3-11(13)18-14(19)20/h1-6H,(H,18,20). The number of hydrogen-bond acceptors (Lipinski definition) is 2. The minimum atomic E-state index is -0.290. The molecule has 0 amide bonds. The first-order valence-corrected chi connectivity index (χ1v) is 7.19. The summed E-state index contributed by atoms with van der Waals surface area (Å²) in [6.07, 6.45) is 0. The predicted molar refractivity (Wildman–Crippen MR) is 85.8 cm³/mol. The molecule has 0 aliphatic heterocycles. The summed E-state index contributed by atoms with van der Waals surface area (Å²) in [5.74, 6) is -0.290. The van der Waals surface area contributed by atoms with E-state index in [4.69, 9.17) is 17.5 Å². The number of aromatic nitrogens is 2. The number of fused-ring (bicyclic) bond motifs is 1. The summed E-state index contributed by atoms with van der Waals surface area (Å²) in [6, 6.07) is 11.9. The zero-order valence-electron chi connectivity index (χ0n) is 10.0. The number of nitrogens with zero attached hydrogens (tertiary/aromatic N) is 2. The highest BCUT2D eigenvalue weighted by molar-refractivity contribution is 14.1. The summed E-state index contributed by atoms with van der Waals surface area (Å²) in [5.41, 5.74) is 2.99. The van der Waals surface area contributed by atoms with Crippen LogP contribution in [-0.2, 0) is 0 Å². The zero-order valence-corrected chi connectivity index (χ0v) is 13.0. The van der Waals surface area contributed by atoms with Crippen molar-refractivity contribution in [2.75, 3.05) is 0 Å². The summed E-state index contributed by atoms with van der Waals surface area (Å²) in [7, 11) is 0. The van der Waals surface area contributed by atoms with Gasteiger partial charge in [-0.1, -0.05) is 0 Å². The van der Waals surface area contributed by atoms with Crippen molar-refractivity contribution in [3.8, 4) is 11.8 Å². The van der Waals surface area contributed by atoms with Gasteiger partial charge < -0.3 is 4.98 Å². The molecular formula is C14H7FIN3S. The van der Waals surface area contributed by atoms with Crippen molar-refractivity contribution < 1.29 is 4.39 Å². The van der Waals surface area contributed by atoms with Gasteiger partial charge in [-0.15, -0.1) is 0 Å². The minimum absolute atomic E-state index is 0.290. The predicted octanol–water partition coefficient (Wildman–Crippen LogP) is 4.30. The molecule has 0 bridgehead atoms. The number of hydrogen-bond donors (Lipinski definition) is 1. The maximum Gasteiger partial charge on any atom is 0.182 e. The number of halogens is 2. The Balaban J connectivity index is 2.38. The molecule has 3 aromatic rings. The number of rotatable bonds is 1. The molecule has 0 fully saturated rings. The molecule has 98 valence electrons. The van der Waals surface area contributed by atoms with Gasteiger partial charge in [-0.25, -0.2) is 4.39 Å². The molecule has 0 spiro atoms. The Morgan fingerprint density at radius 1 is 1.25 bits per heavy atom. The molecule has 0 saturated carbocycles. The summed E-state index contributed by atoms with van der Waals surface area (Å²) in [5, 5.41) is 9.01. The second kappa shape index (κ2) is 5.00. The van der Waals surface area contributed by atoms with E-state index in [1.54, 1.807) is 18.2 Å². The van der Waals surface area contributed by atoms with Gasteiger partial charge >= 0.3 is 0 Å². The van der Waals surface area contributed by atoms with Crippen LogP contribution in [0.5, 0.6) is 0 Å². The van der Waals surface area contributed by atoms with Crippen LogP contribution in [-0.4, -0.2) is 9.55 Å². The van der Waals surface area contributed by atoms with Crippen LogP contribution in [0.15, 0.2) is 36.4 Å². The van der Waals surface area contributed by atoms with Gasteiger partial charge in [0, 0.05) is 3.57 Å². The molecule has 0 aliphatic carbocycles. The van der Waals surface area contributed by atoms with Crippen molar-refractivity contribution in [3.63, 3.8) is 0 Å². The Morgan fingerprint density at radius 2 is 2.05 bits per heavy atom. The molecule has 0 saturated heterocycles. The molecular weight excluding hydrogens is 388 g/mol. The molecule has 20 heavy (non-hydrogen) atoms. The van der Waals surface area contributed by atoms with Crippen LogP contribution >= 0.6 is 34.8 Å². The molecule has 3 rings (SSSR count). The molecule has 1 heterocycles. The Kier molecular flexibility index (Phi) is 3.31. The molecule has 0 atom stereocenters. The van der Waals surface area contributed by atoms with Gasteiger partial charge in [-0.05, 0) is 71.2 Å². The summed E-state index contributed by atoms with van der Waals surface area (Å²) < 4.78 is 16.3. The Bertz CT molecular complexity index is 920. The van der Waals surface area contributed by atoms with Gasteiger partial charge in [-0.3, -0.25) is 4.57 Å². The molecule has 0 aliphatic rings. The van der Waals surface area contributed by atoms with Crippen LogP contribution in [0.2, 0.25) is 0 Å². The van der Waals surface area contributed by atoms with E-state index in [0.717, 1.165) is 20.3 Å². The second-order valence-corrected chi connectivity index (χ2v) is 5.75. The smallest absolute Gasteiger partial charge is 0.182 e. The van der Waals surface area contributed by atoms with Crippen LogP contribution in [0.3, 0.4) is 0 Å². The average Bonchev–Trinajstić information content (AvgIpc) is 2.74. The van der Waals surface area contributed by atoms with Gasteiger partial charge in [0.2, 0.25) is 0 Å². The van der Waals surface area contributed by atoms with E-state index in [-0.39, 0.29) is 5.82 Å². The number of nitrogens with one attached hydrogen (secondary N) is 1. The van der Waals surface area contributed by atoms with Crippen LogP contribution in [0, 0.1) is 25.5 Å². The van der Waals surface area contributed by atoms with Crippen molar-refractivity contribution in [1.82, 2.24) is 9.55 Å². The van der Waals surface area contributed by atoms with Crippen molar-refractivity contribution in [1.29, 1.82) is 5.26 Å². The number of aromatic amines is 1. The number of nitriles is 1. The number of H-pyrrole nitrogens is 1. The van der Waals surface area contributed by atoms with Gasteiger partial charge in [-0.2, -0.15) is 5.26 Å². The first-order chi connectivity index (χ1) is 9.60. The fraction of sp³-hybridized carbons (Fsp3) is 0. The highest BCUT2D eigenvalue weighted by Crippen LogP contribution is 2.24. The SMILES string of the molecule is N#Cc1ccc2[nH]c(=S)n(-c3ccc(F)cc3I)c2c1. The highest BCUT2D eigenvalue weighted by atomic mass is 127. The average molecular weight is 395 g/mol. The van der Waals surface area contributed by atoms with E-state index in [9.17, 15) is 4.39 Å². The van der Waals surface area contributed by atoms with Gasteiger partial charge in [0.25, 0.3) is 0 Å². The maximum absolute atomic E-state index is 13.2. The first-order valence-electron chi connectivity index (χ1n) is 5.70. The van der Waals surface area contributed by atoms with E-state index >= 15 is 0 Å². The van der Waals surface area contributed by atoms with Crippen molar-refractivity contribution in [2.24, 2.45) is 0 Å². The third-order valence-electron chi connectivity index (χ3n) is 2.96. The normalized spacial score (nSPS) is 10.7. The molecule has 1 aromatic heterocycles. The highest BCUT2D eigenvalue weighted by Gasteiger charge is 2.10. The fourth-order valence-corrected chi connectivity index (χ4v) is 3.10. The Labute approximate surface area is 132 Å². The topological polar surface area (TPSA) is 44.5 Å². The van der Waals surface area contributed by atoms with E-state index in [1.807, 2.05) is 10.6 Å². The van der Waals surface area contributed by atoms with Crippen molar-refractivity contribution >= 4 is 45.8 Å². The van der Waals surface area contributed by atoms with E-state index < -0.39 is 0 Å². The van der Waals surface area contributed by atoms with Crippen LogP contribution in [0.1, 0.15) is 5.56 Å². The van der Waals surface area contributed by atoms with E-state index in [0.29, 0.717) is 10.3 Å². The lowest BCUT2D eigenvalue weighted by molar-refractivity contribution is 0.626. The lowest BCUT2D eigenvalue weighted by Gasteiger charge is -2.07. The van der Waals surface area contributed by atoms with E-state index in [2.05, 4.69) is 33.6 Å². The quantitative estimate of drug-likeness (QED) is 0.493. The van der Waals surface area contributed by atoms with Gasteiger partial charge in [0.15, 0.2) is 4.77 Å². The Hall–Kier alpha value is -1.72. The number of benzene rings is 2.